The molecule has 0 aliphatic carbocycles. The molecule has 1 N–H and O–H groups in total. The van der Waals surface area contributed by atoms with Gasteiger partial charge in [0.1, 0.15) is 18.2 Å². The molecule has 0 aliphatic heterocycles. The van der Waals surface area contributed by atoms with Crippen LogP contribution in [0.3, 0.4) is 0 Å². The lowest BCUT2D eigenvalue weighted by molar-refractivity contribution is 0.295. The average molecular weight is 410 g/mol. The van der Waals surface area contributed by atoms with Crippen LogP contribution in [0.5, 0.6) is 5.75 Å². The van der Waals surface area contributed by atoms with E-state index in [0.29, 0.717) is 18.2 Å². The van der Waals surface area contributed by atoms with Crippen LogP contribution in [0.25, 0.3) is 5.57 Å². The van der Waals surface area contributed by atoms with Crippen LogP contribution >= 0.6 is 0 Å². The number of nitrogens with one attached hydrogen (secondary N) is 1. The molecule has 0 saturated heterocycles. The Morgan fingerprint density at radius 2 is 1.81 bits per heavy atom. The Morgan fingerprint density at radius 3 is 2.52 bits per heavy atom. The number of rotatable bonds is 8. The number of aromatic nitrogens is 2. The number of hydrogen-bond acceptors (Lipinski definition) is 4. The van der Waals surface area contributed by atoms with Crippen molar-refractivity contribution in [1.29, 1.82) is 0 Å². The second-order valence-electron chi connectivity index (χ2n) is 7.19. The van der Waals surface area contributed by atoms with Crippen molar-refractivity contribution in [3.63, 3.8) is 0 Å². The first-order valence-electron chi connectivity index (χ1n) is 10.2. The highest BCUT2D eigenvalue weighted by atomic mass is 16.5. The van der Waals surface area contributed by atoms with E-state index in [9.17, 15) is 0 Å². The Bertz CT molecular complexity index is 1120. The van der Waals surface area contributed by atoms with Crippen LogP contribution in [-0.4, -0.2) is 9.97 Å². The van der Waals surface area contributed by atoms with Gasteiger partial charge < -0.3 is 10.1 Å². The van der Waals surface area contributed by atoms with Crippen molar-refractivity contribution in [2.45, 2.75) is 27.4 Å². The van der Waals surface area contributed by atoms with Crippen molar-refractivity contribution < 1.29 is 4.74 Å². The fraction of sp³-hybridized carbons (Fsp3) is 0.148. The van der Waals surface area contributed by atoms with Gasteiger partial charge in [0.05, 0.1) is 5.70 Å². The number of benzene rings is 2. The van der Waals surface area contributed by atoms with Crippen molar-refractivity contribution in [1.82, 2.24) is 9.97 Å². The van der Waals surface area contributed by atoms with Crippen LogP contribution in [0.15, 0.2) is 96.9 Å². The van der Waals surface area contributed by atoms with Crippen molar-refractivity contribution in [3.8, 4) is 5.75 Å². The Labute approximate surface area is 184 Å². The van der Waals surface area contributed by atoms with Gasteiger partial charge in [0.15, 0.2) is 5.82 Å². The molecule has 3 rings (SSSR count). The summed E-state index contributed by atoms with van der Waals surface area (Å²) in [6.07, 6.45) is 5.50. The van der Waals surface area contributed by atoms with Gasteiger partial charge in [0.2, 0.25) is 0 Å². The highest BCUT2D eigenvalue weighted by Gasteiger charge is 2.06. The third-order valence-electron chi connectivity index (χ3n) is 4.50. The number of allylic oxidation sites excluding steroid dienone is 3. The Balaban J connectivity index is 1.80. The van der Waals surface area contributed by atoms with Gasteiger partial charge in [-0.3, -0.25) is 0 Å². The molecule has 0 spiro atoms. The fourth-order valence-electron chi connectivity index (χ4n) is 2.94. The zero-order chi connectivity index (χ0) is 22.1. The summed E-state index contributed by atoms with van der Waals surface area (Å²) in [5.41, 5.74) is 8.30. The predicted molar refractivity (Wildman–Crippen MR) is 128 cm³/mol. The lowest BCUT2D eigenvalue weighted by Crippen LogP contribution is -2.07. The molecular weight excluding hydrogens is 382 g/mol. The maximum Gasteiger partial charge on any atom is 0.168 e. The number of nitrogens with zero attached hydrogens (tertiary/aromatic N) is 2. The molecule has 1 heterocycles. The third-order valence-corrected chi connectivity index (χ3v) is 4.50. The van der Waals surface area contributed by atoms with E-state index >= 15 is 0 Å². The molecule has 0 radical (unpaired) electrons. The topological polar surface area (TPSA) is 47.0 Å². The first-order chi connectivity index (χ1) is 15.0. The van der Waals surface area contributed by atoms with Crippen molar-refractivity contribution in [2.24, 2.45) is 0 Å². The van der Waals surface area contributed by atoms with Gasteiger partial charge in [0.25, 0.3) is 0 Å². The normalized spacial score (nSPS) is 10.7. The van der Waals surface area contributed by atoms with E-state index in [4.69, 9.17) is 4.74 Å². The van der Waals surface area contributed by atoms with Gasteiger partial charge in [-0.1, -0.05) is 66.4 Å². The number of hydrogen-bond donors (Lipinski definition) is 1. The third kappa shape index (κ3) is 6.84. The summed E-state index contributed by atoms with van der Waals surface area (Å²) in [4.78, 5) is 9.12. The first-order valence-corrected chi connectivity index (χ1v) is 10.2. The second-order valence-corrected chi connectivity index (χ2v) is 7.19. The maximum absolute atomic E-state index is 5.84. The maximum atomic E-state index is 5.84. The summed E-state index contributed by atoms with van der Waals surface area (Å²) >= 11 is 0. The molecule has 0 amide bonds. The molecular formula is C27H27N3O. The SMILES string of the molecule is C=CC=C=C(/C=C(\C)c1ccccc1)Nc1cc(C)nc(COc2ccc(C)cc2)n1. The van der Waals surface area contributed by atoms with E-state index in [1.54, 1.807) is 12.2 Å². The Kier molecular flexibility index (Phi) is 7.58. The van der Waals surface area contributed by atoms with Gasteiger partial charge in [-0.2, -0.15) is 0 Å². The van der Waals surface area contributed by atoms with E-state index in [1.165, 1.54) is 5.56 Å². The molecule has 2 aromatic carbocycles. The molecule has 3 aromatic rings. The highest BCUT2D eigenvalue weighted by molar-refractivity contribution is 5.67. The predicted octanol–water partition coefficient (Wildman–Crippen LogP) is 6.41. The lowest BCUT2D eigenvalue weighted by Gasteiger charge is -2.10. The van der Waals surface area contributed by atoms with E-state index in [2.05, 4.69) is 46.7 Å². The average Bonchev–Trinajstić information content (AvgIpc) is 2.77. The van der Waals surface area contributed by atoms with E-state index in [0.717, 1.165) is 28.3 Å². The van der Waals surface area contributed by atoms with Gasteiger partial charge in [0, 0.05) is 11.8 Å². The Hall–Kier alpha value is -3.88. The largest absolute Gasteiger partial charge is 0.486 e. The van der Waals surface area contributed by atoms with E-state index in [-0.39, 0.29) is 0 Å². The van der Waals surface area contributed by atoms with Gasteiger partial charge in [-0.05, 0) is 56.2 Å². The van der Waals surface area contributed by atoms with Gasteiger partial charge >= 0.3 is 0 Å². The molecule has 0 aliphatic rings. The number of aryl methyl sites for hydroxylation is 2. The van der Waals surface area contributed by atoms with Gasteiger partial charge in [-0.25, -0.2) is 9.97 Å². The fourth-order valence-corrected chi connectivity index (χ4v) is 2.94. The summed E-state index contributed by atoms with van der Waals surface area (Å²) in [6.45, 7) is 10.1. The summed E-state index contributed by atoms with van der Waals surface area (Å²) in [7, 11) is 0. The van der Waals surface area contributed by atoms with E-state index < -0.39 is 0 Å². The van der Waals surface area contributed by atoms with Crippen LogP contribution in [0.4, 0.5) is 5.82 Å². The lowest BCUT2D eigenvalue weighted by atomic mass is 10.1. The summed E-state index contributed by atoms with van der Waals surface area (Å²) in [6, 6.07) is 20.0. The van der Waals surface area contributed by atoms with Crippen LogP contribution < -0.4 is 10.1 Å². The zero-order valence-electron chi connectivity index (χ0n) is 18.2. The van der Waals surface area contributed by atoms with Crippen molar-refractivity contribution >= 4 is 11.4 Å². The summed E-state index contributed by atoms with van der Waals surface area (Å²) < 4.78 is 5.84. The second kappa shape index (κ2) is 10.8. The standard InChI is InChI=1S/C27H27N3O/c1-5-6-12-24(17-21(3)23-10-8-7-9-11-23)29-26-18-22(4)28-27(30-26)19-31-25-15-13-20(2)14-16-25/h5-11,13-18H,1,19H2,2-4H3,(H,28,29,30)/b21-17+. The highest BCUT2D eigenvalue weighted by Crippen LogP contribution is 2.18. The van der Waals surface area contributed by atoms with Crippen LogP contribution in [0, 0.1) is 13.8 Å². The van der Waals surface area contributed by atoms with Crippen molar-refractivity contribution in [2.75, 3.05) is 5.32 Å². The minimum absolute atomic E-state index is 0.292. The van der Waals surface area contributed by atoms with Crippen LogP contribution in [0.2, 0.25) is 0 Å². The van der Waals surface area contributed by atoms with Crippen LogP contribution in [0.1, 0.15) is 29.6 Å². The Morgan fingerprint density at radius 1 is 1.06 bits per heavy atom. The zero-order valence-corrected chi connectivity index (χ0v) is 18.2. The molecule has 0 bridgehead atoms. The number of anilines is 1. The van der Waals surface area contributed by atoms with E-state index in [1.807, 2.05) is 68.5 Å². The minimum Gasteiger partial charge on any atom is -0.486 e. The molecule has 4 nitrogen and oxygen atoms in total. The number of ether oxygens (including phenoxy) is 1. The molecule has 0 unspecified atom stereocenters. The molecule has 4 heteroatoms. The molecule has 0 fully saturated rings. The first kappa shape index (κ1) is 21.8. The molecule has 0 atom stereocenters. The smallest absolute Gasteiger partial charge is 0.168 e. The minimum atomic E-state index is 0.292. The molecule has 31 heavy (non-hydrogen) atoms. The monoisotopic (exact) mass is 409 g/mol. The molecule has 0 saturated carbocycles. The van der Waals surface area contributed by atoms with Gasteiger partial charge in [-0.15, -0.1) is 0 Å². The summed E-state index contributed by atoms with van der Waals surface area (Å²) in [5.74, 6) is 2.09. The molecule has 1 aromatic heterocycles. The van der Waals surface area contributed by atoms with Crippen molar-refractivity contribution in [3.05, 3.63) is 120 Å². The summed E-state index contributed by atoms with van der Waals surface area (Å²) in [5, 5.41) is 3.34. The molecule has 156 valence electrons. The van der Waals surface area contributed by atoms with Crippen LogP contribution in [-0.2, 0) is 6.61 Å². The quantitative estimate of drug-likeness (QED) is 0.345.